The molecule has 4 aliphatic rings. The molecule has 0 unspecified atom stereocenters. The maximum atomic E-state index is 14.4. The molecule has 0 saturated carbocycles. The molecule has 0 amide bonds. The van der Waals surface area contributed by atoms with E-state index in [-0.39, 0.29) is 26.8 Å². The van der Waals surface area contributed by atoms with Crippen molar-refractivity contribution in [3.63, 3.8) is 0 Å². The predicted molar refractivity (Wildman–Crippen MR) is 236 cm³/mol. The Balaban J connectivity index is 0.000000201. The number of aromatic amines is 4. The molecule has 0 bridgehead atoms. The summed E-state index contributed by atoms with van der Waals surface area (Å²) in [7, 11) is 0. The topological polar surface area (TPSA) is 499 Å². The number of hydrogen-bond acceptors (Lipinski definition) is 24. The summed E-state index contributed by atoms with van der Waals surface area (Å²) in [6, 6.07) is 0. The number of aromatic nitrogens is 8. The summed E-state index contributed by atoms with van der Waals surface area (Å²) in [4.78, 5) is 99.1. The Morgan fingerprint density at radius 3 is 0.961 bits per heavy atom. The van der Waals surface area contributed by atoms with E-state index in [4.69, 9.17) is 33.4 Å². The molecule has 32 nitrogen and oxygen atoms in total. The fourth-order valence-electron chi connectivity index (χ4n) is 6.99. The van der Waals surface area contributed by atoms with Gasteiger partial charge >= 0.3 is 22.8 Å². The van der Waals surface area contributed by atoms with Crippen LogP contribution in [-0.2, 0) is 18.9 Å². The average Bonchev–Trinajstić information content (AvgIpc) is 3.08. The lowest BCUT2D eigenvalue weighted by Gasteiger charge is -2.20. The Labute approximate surface area is 425 Å². The third kappa shape index (κ3) is 11.6. The highest BCUT2D eigenvalue weighted by Crippen LogP contribution is 2.40. The number of hydrogen-bond donors (Lipinski definition) is 16. The molecule has 4 aliphatic heterocycles. The van der Waals surface area contributed by atoms with E-state index >= 15 is 0 Å². The van der Waals surface area contributed by atoms with Gasteiger partial charge in [-0.3, -0.25) is 57.4 Å². The van der Waals surface area contributed by atoms with E-state index in [0.29, 0.717) is 9.13 Å². The van der Waals surface area contributed by atoms with E-state index in [9.17, 15) is 96.8 Å². The average molecular weight is 1110 g/mol. The van der Waals surface area contributed by atoms with E-state index in [0.717, 1.165) is 29.4 Å². The minimum absolute atomic E-state index is 0.0156. The fourth-order valence-corrected chi connectivity index (χ4v) is 6.99. The van der Waals surface area contributed by atoms with Crippen molar-refractivity contribution >= 4 is 0 Å². The molecular weight excluding hydrogens is 1050 g/mol. The zero-order chi connectivity index (χ0) is 62.9. The van der Waals surface area contributed by atoms with Crippen LogP contribution in [0.25, 0.3) is 0 Å². The molecule has 0 aromatic carbocycles. The Kier molecular flexibility index (Phi) is 15.6. The van der Waals surface area contributed by atoms with Crippen LogP contribution in [0.15, 0.2) is 63.1 Å². The molecule has 0 aliphatic carbocycles. The summed E-state index contributed by atoms with van der Waals surface area (Å²) in [6.07, 6.45) is -23.1. The molecule has 8 heterocycles. The van der Waals surface area contributed by atoms with Gasteiger partial charge in [0, 0.05) is 47.0 Å². The number of ether oxygens (including phenoxy) is 4. The van der Waals surface area contributed by atoms with Crippen LogP contribution in [-0.4, -0.2) is 198 Å². The number of alkyl halides is 4. The van der Waals surface area contributed by atoms with Crippen LogP contribution in [0.2, 0.25) is 0 Å². The van der Waals surface area contributed by atoms with Crippen LogP contribution in [0, 0.1) is 27.7 Å². The number of aliphatic hydroxyl groups is 12. The summed E-state index contributed by atoms with van der Waals surface area (Å²) in [5, 5.41) is 113. The molecule has 36 heteroatoms. The van der Waals surface area contributed by atoms with E-state index in [1.807, 2.05) is 15.0 Å². The smallest absolute Gasteiger partial charge is 0.330 e. The number of aryl methyl sites for hydroxylation is 4. The Bertz CT molecular complexity index is 3540. The molecule has 16 N–H and O–H groups in total. The largest absolute Gasteiger partial charge is 0.390 e. The zero-order valence-corrected chi connectivity index (χ0v) is 39.1. The van der Waals surface area contributed by atoms with Crippen molar-refractivity contribution in [2.24, 2.45) is 0 Å². The second kappa shape index (κ2) is 22.8. The van der Waals surface area contributed by atoms with E-state index in [2.05, 4.69) is 14.2 Å². The lowest BCUT2D eigenvalue weighted by atomic mass is 10.1. The maximum Gasteiger partial charge on any atom is 0.330 e. The van der Waals surface area contributed by atoms with E-state index < -0.39 is 168 Å². The van der Waals surface area contributed by atoms with Gasteiger partial charge < -0.3 is 80.2 Å². The van der Waals surface area contributed by atoms with Gasteiger partial charge in [-0.2, -0.15) is 0 Å². The summed E-state index contributed by atoms with van der Waals surface area (Å²) >= 11 is 0. The fraction of sp³-hybridized carbons (Fsp3) is 0.600. The summed E-state index contributed by atoms with van der Waals surface area (Å²) in [5.41, 5.74) is -7.05. The number of aliphatic hydroxyl groups excluding tert-OH is 10. The molecule has 4 aromatic rings. The number of nitrogens with zero attached hydrogens (tertiary/aromatic N) is 4. The third-order valence-electron chi connectivity index (χ3n) is 11.4. The van der Waals surface area contributed by atoms with Crippen LogP contribution in [0.1, 0.15) is 55.3 Å². The van der Waals surface area contributed by atoms with Crippen molar-refractivity contribution in [1.82, 2.24) is 38.2 Å². The Morgan fingerprint density at radius 1 is 0.447 bits per heavy atom. The summed E-state index contributed by atoms with van der Waals surface area (Å²) in [6.45, 7) is -4.57. The number of rotatable bonds is 8. The first-order chi connectivity index (χ1) is 37.3. The quantitative estimate of drug-likeness (QED) is 0.0729. The van der Waals surface area contributed by atoms with Crippen molar-refractivity contribution in [2.75, 3.05) is 26.3 Å². The second-order valence-corrected chi connectivity index (χ2v) is 16.8. The molecule has 76 heavy (non-hydrogen) atoms. The van der Waals surface area contributed by atoms with Gasteiger partial charge in [-0.15, -0.1) is 0 Å². The molecule has 16 atom stereocenters. The Hall–Kier alpha value is -6.20. The van der Waals surface area contributed by atoms with Crippen molar-refractivity contribution in [3.05, 3.63) is 130 Å². The van der Waals surface area contributed by atoms with Gasteiger partial charge in [0.1, 0.15) is 75.2 Å². The van der Waals surface area contributed by atoms with Gasteiger partial charge in [-0.1, -0.05) is 0 Å². The highest BCUT2D eigenvalue weighted by Gasteiger charge is 2.59. The van der Waals surface area contributed by atoms with Gasteiger partial charge in [0.2, 0.25) is 0 Å². The van der Waals surface area contributed by atoms with E-state index in [1.54, 1.807) is 4.98 Å². The van der Waals surface area contributed by atoms with Gasteiger partial charge in [0.25, 0.3) is 45.7 Å². The molecular formula is C40H52F4N8O24. The molecule has 0 radical (unpaired) electrons. The van der Waals surface area contributed by atoms with Crippen LogP contribution in [0.5, 0.6) is 0 Å². The van der Waals surface area contributed by atoms with Gasteiger partial charge in [0.05, 0.1) is 8.22 Å². The highest BCUT2D eigenvalue weighted by atomic mass is 19.2. The maximum absolute atomic E-state index is 14.4. The molecule has 424 valence electrons. The van der Waals surface area contributed by atoms with Crippen molar-refractivity contribution in [3.8, 4) is 0 Å². The van der Waals surface area contributed by atoms with Crippen LogP contribution in [0.4, 0.5) is 17.6 Å². The Morgan fingerprint density at radius 2 is 0.684 bits per heavy atom. The third-order valence-corrected chi connectivity index (χ3v) is 11.4. The summed E-state index contributed by atoms with van der Waals surface area (Å²) < 4.78 is 120. The lowest BCUT2D eigenvalue weighted by Crippen LogP contribution is -2.42. The first kappa shape index (κ1) is 51.9. The number of halogens is 4. The molecule has 8 rings (SSSR count). The first-order valence-electron chi connectivity index (χ1n) is 24.2. The molecule has 4 fully saturated rings. The van der Waals surface area contributed by atoms with Gasteiger partial charge in [0.15, 0.2) is 24.9 Å². The van der Waals surface area contributed by atoms with Crippen LogP contribution >= 0.6 is 0 Å². The lowest BCUT2D eigenvalue weighted by molar-refractivity contribution is -0.207. The van der Waals surface area contributed by atoms with Crippen molar-refractivity contribution < 1.29 is 106 Å². The van der Waals surface area contributed by atoms with Gasteiger partial charge in [-0.05, 0) is 27.7 Å². The van der Waals surface area contributed by atoms with Crippen LogP contribution < -0.4 is 45.0 Å². The summed E-state index contributed by atoms with van der Waals surface area (Å²) in [5.74, 6) is -13.5. The predicted octanol–water partition coefficient (Wildman–Crippen LogP) is -8.99. The minimum Gasteiger partial charge on any atom is -0.390 e. The van der Waals surface area contributed by atoms with Crippen molar-refractivity contribution in [1.29, 1.82) is 0 Å². The van der Waals surface area contributed by atoms with Crippen LogP contribution in [0.3, 0.4) is 0 Å². The van der Waals surface area contributed by atoms with Gasteiger partial charge in [-0.25, -0.2) is 36.7 Å². The van der Waals surface area contributed by atoms with E-state index in [1.165, 1.54) is 27.7 Å². The monoisotopic (exact) mass is 1110 g/mol. The SMILES string of the molecule is Cc1cn([C@@H]2O[C@](F)(CO)[C@@H](O)[C@H]2O)c(=O)[nH]c1=O.[2H]C([2H])(O)[C@@]1(F)O[C@@H](n2cc(C)c(=O)[nH]c2=O)[C@H](O)[C@@H]1O.[2H]C([2H])(O)[C@@]1(F)O[C@@]([2H])(n2cc(C)c(=O)[nH]c2=O)[C@H](O)[C@@H]1O.[2H][C@@]1(n2cc(C)c(=O)[nH]c2=O)O[C@](F)(CO)[C@@H](O)[C@H]1O. The van der Waals surface area contributed by atoms with Crippen molar-refractivity contribution in [2.45, 2.75) is 125 Å². The number of nitrogens with one attached hydrogen (secondary N) is 4. The first-order valence-corrected chi connectivity index (χ1v) is 21.2. The minimum atomic E-state index is -3.86. The molecule has 4 aromatic heterocycles. The standard InChI is InChI=1S/4C10H13FN2O6/c4*1-4-2-13(9(18)12-7(4)17)8-5(15)6(16)10(11,3-14)19-8/h4*2,5-6,8,14-16H,3H2,1H3,(H,12,17,18)/t4*5-,6+,8-,10-/m1111/s1/i3D2,8D;8D;3D2;. The molecule has 0 spiro atoms. The normalized spacial score (nSPS) is 38.2. The highest BCUT2D eigenvalue weighted by molar-refractivity contribution is 5.08. The zero-order valence-electron chi connectivity index (χ0n) is 45.1. The second-order valence-electron chi connectivity index (χ2n) is 16.8. The number of H-pyrrole nitrogens is 4. The molecule has 4 saturated heterocycles.